The van der Waals surface area contributed by atoms with Crippen LogP contribution in [0.5, 0.6) is 0 Å². The molecule has 0 spiro atoms. The Kier molecular flexibility index (Phi) is 5.51. The Morgan fingerprint density at radius 2 is 1.86 bits per heavy atom. The van der Waals surface area contributed by atoms with Crippen molar-refractivity contribution in [1.82, 2.24) is 0 Å². The van der Waals surface area contributed by atoms with Gasteiger partial charge >= 0.3 is 0 Å². The van der Waals surface area contributed by atoms with Crippen LogP contribution < -0.4 is 5.32 Å². The minimum atomic E-state index is -0.356. The van der Waals surface area contributed by atoms with E-state index in [1.165, 1.54) is 23.9 Å². The van der Waals surface area contributed by atoms with Gasteiger partial charge in [0.1, 0.15) is 5.82 Å². The number of halogens is 3. The van der Waals surface area contributed by atoms with E-state index in [4.69, 9.17) is 23.2 Å². The summed E-state index contributed by atoms with van der Waals surface area (Å²) in [6.45, 7) is 1.77. The molecule has 2 nitrogen and oxygen atoms in total. The molecule has 110 valence electrons. The minimum absolute atomic E-state index is 0.200. The maximum absolute atomic E-state index is 12.8. The SMILES string of the molecule is CC(Sc1ccc(F)cc1)C(=O)Nc1cc(Cl)ccc1Cl. The third-order valence-electron chi connectivity index (χ3n) is 2.68. The Balaban J connectivity index is 2.02. The molecule has 0 aliphatic rings. The van der Waals surface area contributed by atoms with Crippen LogP contribution in [0.1, 0.15) is 6.92 Å². The van der Waals surface area contributed by atoms with Crippen molar-refractivity contribution in [3.8, 4) is 0 Å². The summed E-state index contributed by atoms with van der Waals surface area (Å²) >= 11 is 13.2. The van der Waals surface area contributed by atoms with Crippen LogP contribution in [0, 0.1) is 5.82 Å². The van der Waals surface area contributed by atoms with Gasteiger partial charge in [0.05, 0.1) is 16.0 Å². The number of thioether (sulfide) groups is 1. The highest BCUT2D eigenvalue weighted by Gasteiger charge is 2.16. The number of anilines is 1. The smallest absolute Gasteiger partial charge is 0.237 e. The molecule has 0 aromatic heterocycles. The van der Waals surface area contributed by atoms with Crippen molar-refractivity contribution in [2.75, 3.05) is 5.32 Å². The Hall–Kier alpha value is -1.23. The first kappa shape index (κ1) is 16.1. The Morgan fingerprint density at radius 1 is 1.19 bits per heavy atom. The zero-order valence-electron chi connectivity index (χ0n) is 11.1. The molecular weight excluding hydrogens is 332 g/mol. The molecule has 0 saturated carbocycles. The van der Waals surface area contributed by atoms with Crippen LogP contribution in [0.4, 0.5) is 10.1 Å². The second kappa shape index (κ2) is 7.16. The first-order chi connectivity index (χ1) is 9.95. The van der Waals surface area contributed by atoms with E-state index in [0.29, 0.717) is 15.7 Å². The second-order valence-corrected chi connectivity index (χ2v) is 6.59. The van der Waals surface area contributed by atoms with E-state index < -0.39 is 0 Å². The van der Waals surface area contributed by atoms with Gasteiger partial charge < -0.3 is 5.32 Å². The number of hydrogen-bond acceptors (Lipinski definition) is 2. The lowest BCUT2D eigenvalue weighted by atomic mass is 10.3. The molecule has 0 saturated heterocycles. The van der Waals surface area contributed by atoms with E-state index in [9.17, 15) is 9.18 Å². The molecule has 0 aliphatic heterocycles. The molecule has 0 aliphatic carbocycles. The summed E-state index contributed by atoms with van der Waals surface area (Å²) in [6, 6.07) is 10.9. The molecule has 1 atom stereocenters. The van der Waals surface area contributed by atoms with Crippen LogP contribution in [0.25, 0.3) is 0 Å². The number of nitrogens with one attached hydrogen (secondary N) is 1. The maximum Gasteiger partial charge on any atom is 0.237 e. The quantitative estimate of drug-likeness (QED) is 0.768. The van der Waals surface area contributed by atoms with Crippen molar-refractivity contribution < 1.29 is 9.18 Å². The van der Waals surface area contributed by atoms with Gasteiger partial charge in [-0.05, 0) is 49.4 Å². The number of carbonyl (C=O) groups is 1. The average Bonchev–Trinajstić information content (AvgIpc) is 2.45. The first-order valence-electron chi connectivity index (χ1n) is 6.14. The van der Waals surface area contributed by atoms with Gasteiger partial charge in [0.25, 0.3) is 0 Å². The summed E-state index contributed by atoms with van der Waals surface area (Å²) in [4.78, 5) is 13.0. The van der Waals surface area contributed by atoms with E-state index in [1.54, 1.807) is 37.3 Å². The van der Waals surface area contributed by atoms with Crippen LogP contribution in [0.15, 0.2) is 47.4 Å². The Bertz CT molecular complexity index is 649. The van der Waals surface area contributed by atoms with Gasteiger partial charge in [-0.2, -0.15) is 0 Å². The lowest BCUT2D eigenvalue weighted by Gasteiger charge is -2.13. The maximum atomic E-state index is 12.8. The molecule has 2 aromatic carbocycles. The average molecular weight is 344 g/mol. The fourth-order valence-corrected chi connectivity index (χ4v) is 2.80. The minimum Gasteiger partial charge on any atom is -0.324 e. The van der Waals surface area contributed by atoms with Gasteiger partial charge in [-0.3, -0.25) is 4.79 Å². The monoisotopic (exact) mass is 343 g/mol. The zero-order valence-corrected chi connectivity index (χ0v) is 13.4. The van der Waals surface area contributed by atoms with Crippen molar-refractivity contribution >= 4 is 46.6 Å². The summed E-state index contributed by atoms with van der Waals surface area (Å²) in [7, 11) is 0. The number of hydrogen-bond donors (Lipinski definition) is 1. The van der Waals surface area contributed by atoms with Crippen molar-refractivity contribution in [1.29, 1.82) is 0 Å². The van der Waals surface area contributed by atoms with Crippen molar-refractivity contribution in [2.45, 2.75) is 17.1 Å². The third kappa shape index (κ3) is 4.63. The lowest BCUT2D eigenvalue weighted by Crippen LogP contribution is -2.22. The van der Waals surface area contributed by atoms with Gasteiger partial charge in [-0.15, -0.1) is 11.8 Å². The molecule has 1 unspecified atom stereocenters. The molecule has 0 heterocycles. The molecule has 0 bridgehead atoms. The van der Waals surface area contributed by atoms with Crippen LogP contribution in [-0.4, -0.2) is 11.2 Å². The topological polar surface area (TPSA) is 29.1 Å². The van der Waals surface area contributed by atoms with E-state index >= 15 is 0 Å². The van der Waals surface area contributed by atoms with Gasteiger partial charge in [0.2, 0.25) is 5.91 Å². The molecule has 2 aromatic rings. The van der Waals surface area contributed by atoms with E-state index in [0.717, 1.165) is 4.90 Å². The molecule has 6 heteroatoms. The molecule has 1 amide bonds. The number of amides is 1. The van der Waals surface area contributed by atoms with E-state index in [-0.39, 0.29) is 17.0 Å². The van der Waals surface area contributed by atoms with Gasteiger partial charge in [0, 0.05) is 9.92 Å². The predicted molar refractivity (Wildman–Crippen MR) is 86.8 cm³/mol. The van der Waals surface area contributed by atoms with Crippen LogP contribution in [0.2, 0.25) is 10.0 Å². The summed E-state index contributed by atoms with van der Waals surface area (Å²) < 4.78 is 12.8. The summed E-state index contributed by atoms with van der Waals surface area (Å²) in [5.74, 6) is -0.504. The molecule has 0 fully saturated rings. The Labute approximate surface area is 136 Å². The summed E-state index contributed by atoms with van der Waals surface area (Å²) in [6.07, 6.45) is 0. The van der Waals surface area contributed by atoms with Crippen molar-refractivity contribution in [3.63, 3.8) is 0 Å². The standard InChI is InChI=1S/C15H12Cl2FNOS/c1-9(21-12-5-3-11(18)4-6-12)15(20)19-14-8-10(16)2-7-13(14)17/h2-9H,1H3,(H,19,20). The fraction of sp³-hybridized carbons (Fsp3) is 0.133. The first-order valence-corrected chi connectivity index (χ1v) is 7.77. The molecule has 1 N–H and O–H groups in total. The van der Waals surface area contributed by atoms with E-state index in [1.807, 2.05) is 0 Å². The predicted octanol–water partition coefficient (Wildman–Crippen LogP) is 5.25. The van der Waals surface area contributed by atoms with Gasteiger partial charge in [0.15, 0.2) is 0 Å². The van der Waals surface area contributed by atoms with Crippen LogP contribution in [-0.2, 0) is 4.79 Å². The highest BCUT2D eigenvalue weighted by Crippen LogP contribution is 2.28. The number of rotatable bonds is 4. The van der Waals surface area contributed by atoms with Gasteiger partial charge in [-0.25, -0.2) is 4.39 Å². The van der Waals surface area contributed by atoms with Crippen molar-refractivity contribution in [2.24, 2.45) is 0 Å². The van der Waals surface area contributed by atoms with Crippen LogP contribution in [0.3, 0.4) is 0 Å². The lowest BCUT2D eigenvalue weighted by molar-refractivity contribution is -0.115. The number of benzene rings is 2. The summed E-state index contributed by atoms with van der Waals surface area (Å²) in [5, 5.41) is 3.29. The summed E-state index contributed by atoms with van der Waals surface area (Å²) in [5.41, 5.74) is 0.473. The third-order valence-corrected chi connectivity index (χ3v) is 4.36. The molecular formula is C15H12Cl2FNOS. The molecule has 2 rings (SSSR count). The fourth-order valence-electron chi connectivity index (χ4n) is 1.60. The number of carbonyl (C=O) groups excluding carboxylic acids is 1. The highest BCUT2D eigenvalue weighted by molar-refractivity contribution is 8.00. The Morgan fingerprint density at radius 3 is 2.52 bits per heavy atom. The highest BCUT2D eigenvalue weighted by atomic mass is 35.5. The molecule has 0 radical (unpaired) electrons. The van der Waals surface area contributed by atoms with Crippen LogP contribution >= 0.6 is 35.0 Å². The normalized spacial score (nSPS) is 12.0. The molecule has 21 heavy (non-hydrogen) atoms. The second-order valence-electron chi connectivity index (χ2n) is 4.33. The van der Waals surface area contributed by atoms with Gasteiger partial charge in [-0.1, -0.05) is 23.2 Å². The zero-order chi connectivity index (χ0) is 15.4. The largest absolute Gasteiger partial charge is 0.324 e. The van der Waals surface area contributed by atoms with E-state index in [2.05, 4.69) is 5.32 Å². The van der Waals surface area contributed by atoms with Crippen molar-refractivity contribution in [3.05, 3.63) is 58.3 Å².